The zero-order valence-electron chi connectivity index (χ0n) is 8.32. The summed E-state index contributed by atoms with van der Waals surface area (Å²) >= 11 is 0. The maximum absolute atomic E-state index is 11.3. The maximum atomic E-state index is 11.3. The number of aromatic nitrogens is 1. The first-order valence-corrected chi connectivity index (χ1v) is 4.45. The molecule has 0 radical (unpaired) electrons. The van der Waals surface area contributed by atoms with Gasteiger partial charge in [0.1, 0.15) is 5.56 Å². The molecule has 76 valence electrons. The van der Waals surface area contributed by atoms with Crippen molar-refractivity contribution in [2.24, 2.45) is 0 Å². The van der Waals surface area contributed by atoms with Gasteiger partial charge in [-0.3, -0.25) is 0 Å². The number of pyridine rings is 1. The molecule has 0 spiro atoms. The van der Waals surface area contributed by atoms with E-state index in [1.165, 1.54) is 7.11 Å². The van der Waals surface area contributed by atoms with E-state index in [0.29, 0.717) is 18.1 Å². The first-order valence-electron chi connectivity index (χ1n) is 4.45. The Labute approximate surface area is 82.9 Å². The second kappa shape index (κ2) is 5.21. The Morgan fingerprint density at radius 2 is 2.36 bits per heavy atom. The molecule has 0 amide bonds. The van der Waals surface area contributed by atoms with Crippen LogP contribution < -0.4 is 4.74 Å². The van der Waals surface area contributed by atoms with Crippen molar-refractivity contribution in [3.8, 4) is 5.88 Å². The molecule has 1 rings (SSSR count). The summed E-state index contributed by atoms with van der Waals surface area (Å²) in [5, 5.41) is 0. The van der Waals surface area contributed by atoms with Gasteiger partial charge < -0.3 is 9.47 Å². The molecule has 14 heavy (non-hydrogen) atoms. The van der Waals surface area contributed by atoms with E-state index >= 15 is 0 Å². The molecule has 0 saturated carbocycles. The summed E-state index contributed by atoms with van der Waals surface area (Å²) in [4.78, 5) is 15.2. The zero-order chi connectivity index (χ0) is 10.4. The quantitative estimate of drug-likeness (QED) is 0.685. The average Bonchev–Trinajstić information content (AvgIpc) is 2.25. The molecule has 0 bridgehead atoms. The lowest BCUT2D eigenvalue weighted by molar-refractivity contribution is 0.0595. The lowest BCUT2D eigenvalue weighted by Gasteiger charge is -2.06. The summed E-state index contributed by atoms with van der Waals surface area (Å²) in [6, 6.07) is 3.30. The molecular weight excluding hydrogens is 182 g/mol. The molecule has 0 aliphatic heterocycles. The number of ether oxygens (including phenoxy) is 2. The van der Waals surface area contributed by atoms with Crippen LogP contribution in [0.1, 0.15) is 23.7 Å². The van der Waals surface area contributed by atoms with Gasteiger partial charge in [-0.2, -0.15) is 0 Å². The lowest BCUT2D eigenvalue weighted by Crippen LogP contribution is -2.07. The number of carbonyl (C=O) groups is 1. The van der Waals surface area contributed by atoms with Crippen LogP contribution in [-0.2, 0) is 4.74 Å². The third kappa shape index (κ3) is 2.45. The van der Waals surface area contributed by atoms with E-state index in [-0.39, 0.29) is 0 Å². The van der Waals surface area contributed by atoms with Gasteiger partial charge in [-0.1, -0.05) is 6.92 Å². The van der Waals surface area contributed by atoms with Gasteiger partial charge in [-0.25, -0.2) is 9.78 Å². The van der Waals surface area contributed by atoms with Crippen LogP contribution >= 0.6 is 0 Å². The lowest BCUT2D eigenvalue weighted by atomic mass is 10.3. The van der Waals surface area contributed by atoms with Crippen LogP contribution in [0.15, 0.2) is 18.3 Å². The van der Waals surface area contributed by atoms with E-state index in [1.54, 1.807) is 18.3 Å². The van der Waals surface area contributed by atoms with Gasteiger partial charge >= 0.3 is 5.97 Å². The van der Waals surface area contributed by atoms with Gasteiger partial charge in [0, 0.05) is 6.20 Å². The highest BCUT2D eigenvalue weighted by Crippen LogP contribution is 2.15. The van der Waals surface area contributed by atoms with Crippen LogP contribution in [0, 0.1) is 0 Å². The van der Waals surface area contributed by atoms with E-state index < -0.39 is 5.97 Å². The maximum Gasteiger partial charge on any atom is 0.343 e. The first kappa shape index (κ1) is 10.5. The fraction of sp³-hybridized carbons (Fsp3) is 0.400. The Hall–Kier alpha value is -1.58. The predicted octanol–water partition coefficient (Wildman–Crippen LogP) is 1.66. The highest BCUT2D eigenvalue weighted by Gasteiger charge is 2.12. The Bertz CT molecular complexity index is 312. The summed E-state index contributed by atoms with van der Waals surface area (Å²) in [6.07, 6.45) is 2.45. The van der Waals surface area contributed by atoms with E-state index in [4.69, 9.17) is 4.74 Å². The van der Waals surface area contributed by atoms with Crippen LogP contribution in [0.2, 0.25) is 0 Å². The van der Waals surface area contributed by atoms with E-state index in [1.807, 2.05) is 6.92 Å². The normalized spacial score (nSPS) is 9.57. The van der Waals surface area contributed by atoms with Crippen LogP contribution in [0.4, 0.5) is 0 Å². The summed E-state index contributed by atoms with van der Waals surface area (Å²) in [5.41, 5.74) is 0.364. The van der Waals surface area contributed by atoms with Crippen molar-refractivity contribution in [2.75, 3.05) is 13.7 Å². The first-order chi connectivity index (χ1) is 6.79. The number of carbonyl (C=O) groups excluding carboxylic acids is 1. The summed E-state index contributed by atoms with van der Waals surface area (Å²) in [6.45, 7) is 2.53. The Morgan fingerprint density at radius 1 is 1.57 bits per heavy atom. The third-order valence-electron chi connectivity index (χ3n) is 1.62. The topological polar surface area (TPSA) is 48.4 Å². The molecular formula is C10H13NO3. The van der Waals surface area contributed by atoms with Crippen molar-refractivity contribution in [1.82, 2.24) is 4.98 Å². The number of hydrogen-bond acceptors (Lipinski definition) is 4. The Balaban J connectivity index is 2.85. The van der Waals surface area contributed by atoms with Crippen LogP contribution in [0.3, 0.4) is 0 Å². The highest BCUT2D eigenvalue weighted by atomic mass is 16.5. The number of hydrogen-bond donors (Lipinski definition) is 0. The molecule has 4 nitrogen and oxygen atoms in total. The molecule has 4 heteroatoms. The van der Waals surface area contributed by atoms with Crippen LogP contribution in [-0.4, -0.2) is 24.7 Å². The van der Waals surface area contributed by atoms with Gasteiger partial charge in [0.05, 0.1) is 13.7 Å². The van der Waals surface area contributed by atoms with Crippen molar-refractivity contribution < 1.29 is 14.3 Å². The Kier molecular flexibility index (Phi) is 3.91. The molecule has 0 atom stereocenters. The second-order valence-electron chi connectivity index (χ2n) is 2.70. The van der Waals surface area contributed by atoms with Crippen molar-refractivity contribution >= 4 is 5.97 Å². The molecule has 1 aromatic heterocycles. The number of nitrogens with zero attached hydrogens (tertiary/aromatic N) is 1. The largest absolute Gasteiger partial charge is 0.477 e. The monoisotopic (exact) mass is 195 g/mol. The summed E-state index contributed by atoms with van der Waals surface area (Å²) < 4.78 is 9.90. The van der Waals surface area contributed by atoms with Crippen LogP contribution in [0.5, 0.6) is 5.88 Å². The molecule has 0 unspecified atom stereocenters. The SMILES string of the molecule is CCCOc1ncccc1C(=O)OC. The van der Waals surface area contributed by atoms with Crippen LogP contribution in [0.25, 0.3) is 0 Å². The van der Waals surface area contributed by atoms with Gasteiger partial charge in [0.2, 0.25) is 5.88 Å². The van der Waals surface area contributed by atoms with E-state index in [9.17, 15) is 4.79 Å². The van der Waals surface area contributed by atoms with Crippen molar-refractivity contribution in [3.63, 3.8) is 0 Å². The minimum atomic E-state index is -0.427. The van der Waals surface area contributed by atoms with Gasteiger partial charge in [0.15, 0.2) is 0 Å². The van der Waals surface area contributed by atoms with Crippen molar-refractivity contribution in [1.29, 1.82) is 0 Å². The zero-order valence-corrected chi connectivity index (χ0v) is 8.32. The number of methoxy groups -OCH3 is 1. The molecule has 0 aliphatic rings. The molecule has 0 N–H and O–H groups in total. The molecule has 1 heterocycles. The van der Waals surface area contributed by atoms with Gasteiger partial charge in [0.25, 0.3) is 0 Å². The fourth-order valence-electron chi connectivity index (χ4n) is 0.970. The molecule has 0 fully saturated rings. The molecule has 0 aliphatic carbocycles. The van der Waals surface area contributed by atoms with Gasteiger partial charge in [-0.15, -0.1) is 0 Å². The predicted molar refractivity (Wildman–Crippen MR) is 51.4 cm³/mol. The molecule has 0 aromatic carbocycles. The minimum absolute atomic E-state index is 0.334. The fourth-order valence-corrected chi connectivity index (χ4v) is 0.970. The summed E-state index contributed by atoms with van der Waals surface area (Å²) in [5.74, 6) is -0.0922. The molecule has 0 saturated heterocycles. The smallest absolute Gasteiger partial charge is 0.343 e. The van der Waals surface area contributed by atoms with E-state index in [2.05, 4.69) is 9.72 Å². The highest BCUT2D eigenvalue weighted by molar-refractivity contribution is 5.91. The number of esters is 1. The average molecular weight is 195 g/mol. The second-order valence-corrected chi connectivity index (χ2v) is 2.70. The van der Waals surface area contributed by atoms with Gasteiger partial charge in [-0.05, 0) is 18.6 Å². The third-order valence-corrected chi connectivity index (χ3v) is 1.62. The number of rotatable bonds is 4. The molecule has 1 aromatic rings. The van der Waals surface area contributed by atoms with E-state index in [0.717, 1.165) is 6.42 Å². The van der Waals surface area contributed by atoms with Crippen molar-refractivity contribution in [3.05, 3.63) is 23.9 Å². The van der Waals surface area contributed by atoms with Crippen molar-refractivity contribution in [2.45, 2.75) is 13.3 Å². The Morgan fingerprint density at radius 3 is 3.00 bits per heavy atom. The standard InChI is InChI=1S/C10H13NO3/c1-3-7-14-9-8(10(12)13-2)5-4-6-11-9/h4-6H,3,7H2,1-2H3. The summed E-state index contributed by atoms with van der Waals surface area (Å²) in [7, 11) is 1.33. The minimum Gasteiger partial charge on any atom is -0.477 e.